The van der Waals surface area contributed by atoms with E-state index in [1.807, 2.05) is 0 Å². The van der Waals surface area contributed by atoms with Gasteiger partial charge in [-0.2, -0.15) is 0 Å². The Hall–Kier alpha value is -1.70. The molecule has 0 unspecified atom stereocenters. The van der Waals surface area contributed by atoms with E-state index < -0.39 is 15.8 Å². The van der Waals surface area contributed by atoms with E-state index >= 15 is 0 Å². The number of sulfone groups is 1. The highest BCUT2D eigenvalue weighted by Crippen LogP contribution is 2.39. The monoisotopic (exact) mass is 393 g/mol. The van der Waals surface area contributed by atoms with Crippen LogP contribution < -0.4 is 4.90 Å². The van der Waals surface area contributed by atoms with Crippen LogP contribution in [0.25, 0.3) is 0 Å². The number of hydrogen-bond acceptors (Lipinski definition) is 6. The van der Waals surface area contributed by atoms with Crippen LogP contribution in [0.4, 0.5) is 5.82 Å². The molecule has 1 aromatic rings. The third-order valence-electron chi connectivity index (χ3n) is 6.20. The second-order valence-electron chi connectivity index (χ2n) is 8.21. The highest BCUT2D eigenvalue weighted by Gasteiger charge is 2.34. The number of carbonyl (C=O) groups is 1. The van der Waals surface area contributed by atoms with E-state index in [0.717, 1.165) is 68.8 Å². The predicted octanol–water partition coefficient (Wildman–Crippen LogP) is 2.64. The van der Waals surface area contributed by atoms with Crippen molar-refractivity contribution in [1.82, 2.24) is 9.97 Å². The van der Waals surface area contributed by atoms with Gasteiger partial charge >= 0.3 is 5.97 Å². The summed E-state index contributed by atoms with van der Waals surface area (Å²) in [4.78, 5) is 22.4. The third kappa shape index (κ3) is 4.10. The minimum Gasteiger partial charge on any atom is -0.481 e. The van der Waals surface area contributed by atoms with Crippen LogP contribution in [0, 0.1) is 5.92 Å². The Morgan fingerprint density at radius 1 is 1.11 bits per heavy atom. The van der Waals surface area contributed by atoms with Crippen LogP contribution in [0.2, 0.25) is 0 Å². The van der Waals surface area contributed by atoms with Crippen molar-refractivity contribution in [2.24, 2.45) is 5.92 Å². The maximum Gasteiger partial charge on any atom is 0.303 e. The van der Waals surface area contributed by atoms with Crippen molar-refractivity contribution in [2.75, 3.05) is 18.0 Å². The fourth-order valence-corrected chi connectivity index (χ4v) is 5.86. The zero-order valence-corrected chi connectivity index (χ0v) is 16.4. The number of aliphatic carboxylic acids is 1. The summed E-state index contributed by atoms with van der Waals surface area (Å²) in [6.07, 6.45) is 7.31. The summed E-state index contributed by atoms with van der Waals surface area (Å²) < 4.78 is 24.4. The van der Waals surface area contributed by atoms with Crippen LogP contribution in [-0.2, 0) is 26.1 Å². The van der Waals surface area contributed by atoms with E-state index in [1.54, 1.807) is 0 Å². The summed E-state index contributed by atoms with van der Waals surface area (Å²) in [6, 6.07) is 0. The van der Waals surface area contributed by atoms with Crippen LogP contribution in [0.3, 0.4) is 0 Å². The van der Waals surface area contributed by atoms with E-state index in [9.17, 15) is 13.2 Å². The molecule has 0 atom stereocenters. The van der Waals surface area contributed by atoms with Crippen LogP contribution in [-0.4, -0.2) is 42.6 Å². The van der Waals surface area contributed by atoms with E-state index in [-0.39, 0.29) is 17.9 Å². The van der Waals surface area contributed by atoms with Crippen molar-refractivity contribution in [3.05, 3.63) is 17.1 Å². The lowest BCUT2D eigenvalue weighted by Crippen LogP contribution is -2.35. The number of piperidine rings is 1. The number of fused-ring (bicyclic) bond motifs is 1. The number of hydrogen-bond donors (Lipinski definition) is 1. The van der Waals surface area contributed by atoms with Crippen LogP contribution in [0.5, 0.6) is 0 Å². The highest BCUT2D eigenvalue weighted by atomic mass is 32.2. The van der Waals surface area contributed by atoms with Crippen LogP contribution in [0.1, 0.15) is 74.4 Å². The van der Waals surface area contributed by atoms with Crippen LogP contribution in [0.15, 0.2) is 0 Å². The summed E-state index contributed by atoms with van der Waals surface area (Å²) >= 11 is 0. The number of anilines is 1. The summed E-state index contributed by atoms with van der Waals surface area (Å²) in [7, 11) is -3.11. The van der Waals surface area contributed by atoms with Gasteiger partial charge in [0.25, 0.3) is 0 Å². The maximum absolute atomic E-state index is 12.2. The molecule has 1 aliphatic carbocycles. The van der Waals surface area contributed by atoms with Gasteiger partial charge in [0.1, 0.15) is 11.6 Å². The van der Waals surface area contributed by atoms with Crippen molar-refractivity contribution in [2.45, 2.75) is 68.8 Å². The molecule has 0 aromatic carbocycles. The molecule has 1 saturated heterocycles. The zero-order chi connectivity index (χ0) is 19.0. The van der Waals surface area contributed by atoms with Gasteiger partial charge in [-0.3, -0.25) is 4.79 Å². The molecule has 0 bridgehead atoms. The molecular formula is C19H27N3O4S. The largest absolute Gasteiger partial charge is 0.481 e. The first-order valence-corrected chi connectivity index (χ1v) is 11.8. The molecule has 1 N–H and O–H groups in total. The molecule has 2 aliphatic heterocycles. The van der Waals surface area contributed by atoms with Crippen molar-refractivity contribution in [3.63, 3.8) is 0 Å². The SMILES string of the molecule is O=C(O)CCCC1CCN(c2nc(C3CCC3)nc3c2CS(=O)(=O)C3)CC1. The van der Waals surface area contributed by atoms with Gasteiger partial charge in [0.2, 0.25) is 0 Å². The fourth-order valence-electron chi connectivity index (χ4n) is 4.37. The normalized spacial score (nSPS) is 22.4. The van der Waals surface area contributed by atoms with Crippen molar-refractivity contribution in [3.8, 4) is 0 Å². The Labute approximate surface area is 160 Å². The van der Waals surface area contributed by atoms with Crippen molar-refractivity contribution in [1.29, 1.82) is 0 Å². The van der Waals surface area contributed by atoms with Crippen molar-refractivity contribution < 1.29 is 18.3 Å². The molecule has 7 nitrogen and oxygen atoms in total. The molecule has 3 heterocycles. The molecule has 3 aliphatic rings. The number of aromatic nitrogens is 2. The van der Waals surface area contributed by atoms with E-state index in [1.165, 1.54) is 6.42 Å². The first-order chi connectivity index (χ1) is 12.9. The first kappa shape index (κ1) is 18.7. The molecule has 2 fully saturated rings. The third-order valence-corrected chi connectivity index (χ3v) is 7.64. The van der Waals surface area contributed by atoms with Crippen molar-refractivity contribution >= 4 is 21.6 Å². The quantitative estimate of drug-likeness (QED) is 0.793. The maximum atomic E-state index is 12.2. The number of nitrogens with zero attached hydrogens (tertiary/aromatic N) is 3. The predicted molar refractivity (Wildman–Crippen MR) is 101 cm³/mol. The number of carboxylic acids is 1. The minimum absolute atomic E-state index is 0.0449. The molecule has 27 heavy (non-hydrogen) atoms. The number of carboxylic acid groups (broad SMARTS) is 1. The lowest BCUT2D eigenvalue weighted by Gasteiger charge is -2.34. The van der Waals surface area contributed by atoms with Gasteiger partial charge in [-0.05, 0) is 44.4 Å². The van der Waals surface area contributed by atoms with E-state index in [0.29, 0.717) is 17.5 Å². The molecule has 4 rings (SSSR count). The fraction of sp³-hybridized carbons (Fsp3) is 0.737. The van der Waals surface area contributed by atoms with Gasteiger partial charge in [0.15, 0.2) is 9.84 Å². The Morgan fingerprint density at radius 3 is 2.48 bits per heavy atom. The minimum atomic E-state index is -3.11. The van der Waals surface area contributed by atoms with Gasteiger partial charge in [-0.25, -0.2) is 18.4 Å². The molecule has 1 saturated carbocycles. The Morgan fingerprint density at radius 2 is 1.85 bits per heavy atom. The summed E-state index contributed by atoms with van der Waals surface area (Å²) in [5.74, 6) is 1.97. The summed E-state index contributed by atoms with van der Waals surface area (Å²) in [5.41, 5.74) is 1.52. The Balaban J connectivity index is 1.49. The lowest BCUT2D eigenvalue weighted by atomic mass is 9.84. The van der Waals surface area contributed by atoms with Crippen LogP contribution >= 0.6 is 0 Å². The van der Waals surface area contributed by atoms with Gasteiger partial charge in [0, 0.05) is 31.0 Å². The standard InChI is InChI=1S/C19H27N3O4S/c23-17(24)6-1-3-13-7-9-22(10-8-13)19-15-11-27(25,26)12-16(15)20-18(21-19)14-4-2-5-14/h13-14H,1-12H2,(H,23,24). The average Bonchev–Trinajstić information content (AvgIpc) is 2.87. The Bertz CT molecular complexity index is 828. The molecule has 0 spiro atoms. The van der Waals surface area contributed by atoms with Gasteiger partial charge < -0.3 is 10.0 Å². The Kier molecular flexibility index (Phi) is 5.09. The second kappa shape index (κ2) is 7.37. The van der Waals surface area contributed by atoms with Gasteiger partial charge in [0.05, 0.1) is 17.2 Å². The number of rotatable bonds is 6. The molecule has 0 amide bonds. The second-order valence-corrected chi connectivity index (χ2v) is 10.3. The molecule has 148 valence electrons. The summed E-state index contributed by atoms with van der Waals surface area (Å²) in [5, 5.41) is 8.79. The van der Waals surface area contributed by atoms with E-state index in [4.69, 9.17) is 10.1 Å². The first-order valence-electron chi connectivity index (χ1n) is 9.98. The van der Waals surface area contributed by atoms with Gasteiger partial charge in [-0.1, -0.05) is 6.42 Å². The average molecular weight is 394 g/mol. The van der Waals surface area contributed by atoms with Gasteiger partial charge in [-0.15, -0.1) is 0 Å². The molecule has 0 radical (unpaired) electrons. The molecular weight excluding hydrogens is 366 g/mol. The smallest absolute Gasteiger partial charge is 0.303 e. The topological polar surface area (TPSA) is 100 Å². The zero-order valence-electron chi connectivity index (χ0n) is 15.6. The lowest BCUT2D eigenvalue weighted by molar-refractivity contribution is -0.137. The molecule has 1 aromatic heterocycles. The van der Waals surface area contributed by atoms with E-state index in [2.05, 4.69) is 9.88 Å². The summed E-state index contributed by atoms with van der Waals surface area (Å²) in [6.45, 7) is 1.71. The highest BCUT2D eigenvalue weighted by molar-refractivity contribution is 7.90. The molecule has 8 heteroatoms.